The van der Waals surface area contributed by atoms with Crippen molar-refractivity contribution in [2.45, 2.75) is 65.1 Å². The molecule has 1 rings (SSSR count). The molecule has 1 fully saturated rings. The van der Waals surface area contributed by atoms with Gasteiger partial charge in [0.25, 0.3) is 0 Å². The van der Waals surface area contributed by atoms with E-state index in [2.05, 4.69) is 5.32 Å². The molecule has 1 aliphatic rings. The molecule has 16 heavy (non-hydrogen) atoms. The molecule has 1 aliphatic heterocycles. The van der Waals surface area contributed by atoms with Crippen LogP contribution in [0.2, 0.25) is 0 Å². The Labute approximate surface area is 97.4 Å². The van der Waals surface area contributed by atoms with E-state index in [1.807, 2.05) is 27.7 Å². The van der Waals surface area contributed by atoms with Crippen LogP contribution in [-0.2, 0) is 9.59 Å². The highest BCUT2D eigenvalue weighted by atomic mass is 16.2. The van der Waals surface area contributed by atoms with Crippen molar-refractivity contribution in [3.8, 4) is 0 Å². The Morgan fingerprint density at radius 3 is 2.12 bits per heavy atom. The molecular formula is C12H22N2O2. The average Bonchev–Trinajstić information content (AvgIpc) is 2.14. The lowest BCUT2D eigenvalue weighted by Crippen LogP contribution is -2.74. The molecule has 0 saturated carbocycles. The largest absolute Gasteiger partial charge is 0.340 e. The van der Waals surface area contributed by atoms with Crippen LogP contribution in [0.5, 0.6) is 0 Å². The minimum atomic E-state index is -0.796. The van der Waals surface area contributed by atoms with Crippen LogP contribution in [0.25, 0.3) is 0 Å². The summed E-state index contributed by atoms with van der Waals surface area (Å²) >= 11 is 0. The fraction of sp³-hybridized carbons (Fsp3) is 0.833. The standard InChI is InChI=1S/C12H22N2O2/c1-7-12(6)9(15)13-11(4,5)10(16)14(12)8(2)3/h8H,7H2,1-6H3,(H,13,15). The van der Waals surface area contributed by atoms with Crippen LogP contribution in [0.3, 0.4) is 0 Å². The van der Waals surface area contributed by atoms with Gasteiger partial charge in [-0.25, -0.2) is 0 Å². The average molecular weight is 226 g/mol. The van der Waals surface area contributed by atoms with Gasteiger partial charge in [-0.3, -0.25) is 9.59 Å². The molecule has 1 heterocycles. The topological polar surface area (TPSA) is 49.4 Å². The van der Waals surface area contributed by atoms with E-state index >= 15 is 0 Å². The predicted octanol–water partition coefficient (Wildman–Crippen LogP) is 1.30. The van der Waals surface area contributed by atoms with Crippen LogP contribution in [0, 0.1) is 0 Å². The van der Waals surface area contributed by atoms with E-state index in [4.69, 9.17) is 0 Å². The maximum absolute atomic E-state index is 12.3. The number of nitrogens with one attached hydrogen (secondary N) is 1. The number of hydrogen-bond acceptors (Lipinski definition) is 2. The van der Waals surface area contributed by atoms with E-state index in [0.29, 0.717) is 6.42 Å². The van der Waals surface area contributed by atoms with Crippen LogP contribution < -0.4 is 5.32 Å². The molecule has 92 valence electrons. The summed E-state index contributed by atoms with van der Waals surface area (Å²) in [6, 6.07) is 0.0303. The number of carbonyl (C=O) groups is 2. The van der Waals surface area contributed by atoms with Crippen molar-refractivity contribution in [1.29, 1.82) is 0 Å². The van der Waals surface area contributed by atoms with Crippen molar-refractivity contribution in [2.24, 2.45) is 0 Å². The Morgan fingerprint density at radius 1 is 1.25 bits per heavy atom. The summed E-state index contributed by atoms with van der Waals surface area (Å²) in [5, 5.41) is 2.80. The molecule has 4 nitrogen and oxygen atoms in total. The van der Waals surface area contributed by atoms with E-state index in [1.165, 1.54) is 0 Å². The molecule has 1 N–H and O–H groups in total. The first-order chi connectivity index (χ1) is 7.16. The normalized spacial score (nSPS) is 29.6. The smallest absolute Gasteiger partial charge is 0.248 e. The summed E-state index contributed by atoms with van der Waals surface area (Å²) in [4.78, 5) is 26.2. The van der Waals surface area contributed by atoms with Crippen LogP contribution in [0.1, 0.15) is 48.0 Å². The number of carbonyl (C=O) groups excluding carboxylic acids is 2. The van der Waals surface area contributed by atoms with Gasteiger partial charge in [0.05, 0.1) is 0 Å². The van der Waals surface area contributed by atoms with Crippen LogP contribution in [0.4, 0.5) is 0 Å². The molecular weight excluding hydrogens is 204 g/mol. The minimum Gasteiger partial charge on any atom is -0.340 e. The Hall–Kier alpha value is -1.06. The highest BCUT2D eigenvalue weighted by molar-refractivity contribution is 6.01. The number of hydrogen-bond donors (Lipinski definition) is 1. The molecule has 0 aromatic rings. The molecule has 0 aromatic heterocycles. The first-order valence-corrected chi connectivity index (χ1v) is 5.83. The molecule has 1 unspecified atom stereocenters. The number of nitrogens with zero attached hydrogens (tertiary/aromatic N) is 1. The summed E-state index contributed by atoms with van der Waals surface area (Å²) in [5.74, 6) is -0.0697. The van der Waals surface area contributed by atoms with Gasteiger partial charge in [-0.1, -0.05) is 6.92 Å². The Morgan fingerprint density at radius 2 is 1.75 bits per heavy atom. The number of rotatable bonds is 2. The second kappa shape index (κ2) is 3.75. The minimum absolute atomic E-state index is 0.00792. The molecule has 0 bridgehead atoms. The van der Waals surface area contributed by atoms with Gasteiger partial charge >= 0.3 is 0 Å². The SMILES string of the molecule is CCC1(C)C(=O)NC(C)(C)C(=O)N1C(C)C. The maximum atomic E-state index is 12.3. The molecule has 4 heteroatoms. The summed E-state index contributed by atoms with van der Waals surface area (Å²) in [6.07, 6.45) is 0.624. The van der Waals surface area contributed by atoms with Crippen LogP contribution in [-0.4, -0.2) is 33.8 Å². The Kier molecular flexibility index (Phi) is 3.05. The van der Waals surface area contributed by atoms with E-state index in [-0.39, 0.29) is 17.9 Å². The van der Waals surface area contributed by atoms with Crippen molar-refractivity contribution in [1.82, 2.24) is 10.2 Å². The summed E-state index contributed by atoms with van der Waals surface area (Å²) in [6.45, 7) is 11.1. The monoisotopic (exact) mass is 226 g/mol. The Balaban J connectivity index is 3.23. The molecule has 1 atom stereocenters. The molecule has 1 saturated heterocycles. The third-order valence-corrected chi connectivity index (χ3v) is 3.41. The van der Waals surface area contributed by atoms with E-state index in [9.17, 15) is 9.59 Å². The zero-order chi connectivity index (χ0) is 12.7. The zero-order valence-corrected chi connectivity index (χ0v) is 11.0. The fourth-order valence-electron chi connectivity index (χ4n) is 2.24. The lowest BCUT2D eigenvalue weighted by Gasteiger charge is -2.50. The van der Waals surface area contributed by atoms with Gasteiger partial charge in [0, 0.05) is 6.04 Å². The third-order valence-electron chi connectivity index (χ3n) is 3.41. The van der Waals surface area contributed by atoms with Gasteiger partial charge in [-0.2, -0.15) is 0 Å². The van der Waals surface area contributed by atoms with Crippen LogP contribution in [0.15, 0.2) is 0 Å². The van der Waals surface area contributed by atoms with Gasteiger partial charge in [0.2, 0.25) is 11.8 Å². The zero-order valence-electron chi connectivity index (χ0n) is 11.0. The van der Waals surface area contributed by atoms with E-state index in [1.54, 1.807) is 18.7 Å². The van der Waals surface area contributed by atoms with Crippen molar-refractivity contribution in [3.05, 3.63) is 0 Å². The Bertz CT molecular complexity index is 323. The highest BCUT2D eigenvalue weighted by Crippen LogP contribution is 2.30. The number of amides is 2. The van der Waals surface area contributed by atoms with Crippen molar-refractivity contribution in [3.63, 3.8) is 0 Å². The molecule has 0 aromatic carbocycles. The maximum Gasteiger partial charge on any atom is 0.248 e. The van der Waals surface area contributed by atoms with Gasteiger partial charge in [0.15, 0.2) is 0 Å². The van der Waals surface area contributed by atoms with E-state index < -0.39 is 11.1 Å². The second-order valence-electron chi connectivity index (χ2n) is 5.48. The summed E-state index contributed by atoms with van der Waals surface area (Å²) < 4.78 is 0. The summed E-state index contributed by atoms with van der Waals surface area (Å²) in [5.41, 5.74) is -1.52. The van der Waals surface area contributed by atoms with E-state index in [0.717, 1.165) is 0 Å². The molecule has 0 aliphatic carbocycles. The quantitative estimate of drug-likeness (QED) is 0.771. The van der Waals surface area contributed by atoms with Crippen molar-refractivity contribution >= 4 is 11.8 Å². The molecule has 0 spiro atoms. The van der Waals surface area contributed by atoms with Crippen LogP contribution >= 0.6 is 0 Å². The lowest BCUT2D eigenvalue weighted by molar-refractivity contribution is -0.163. The predicted molar refractivity (Wildman–Crippen MR) is 62.9 cm³/mol. The molecule has 2 amide bonds. The first kappa shape index (κ1) is 13.0. The number of piperazine rings is 1. The van der Waals surface area contributed by atoms with Gasteiger partial charge in [-0.05, 0) is 41.0 Å². The second-order valence-corrected chi connectivity index (χ2v) is 5.48. The molecule has 0 radical (unpaired) electrons. The van der Waals surface area contributed by atoms with Gasteiger partial charge in [-0.15, -0.1) is 0 Å². The fourth-order valence-corrected chi connectivity index (χ4v) is 2.24. The lowest BCUT2D eigenvalue weighted by atomic mass is 9.85. The van der Waals surface area contributed by atoms with Gasteiger partial charge < -0.3 is 10.2 Å². The first-order valence-electron chi connectivity index (χ1n) is 5.83. The highest BCUT2D eigenvalue weighted by Gasteiger charge is 2.52. The van der Waals surface area contributed by atoms with Crippen molar-refractivity contribution in [2.75, 3.05) is 0 Å². The summed E-state index contributed by atoms with van der Waals surface area (Å²) in [7, 11) is 0. The third kappa shape index (κ3) is 1.70. The van der Waals surface area contributed by atoms with Crippen molar-refractivity contribution < 1.29 is 9.59 Å². The van der Waals surface area contributed by atoms with Gasteiger partial charge in [0.1, 0.15) is 11.1 Å².